The number of nitrogens with one attached hydrogen (secondary N) is 1. The number of nitrogens with zero attached hydrogens (tertiary/aromatic N) is 1. The largest absolute Gasteiger partial charge is 0.464 e. The highest BCUT2D eigenvalue weighted by Gasteiger charge is 2.22. The number of fused-ring (bicyclic) bond motifs is 1. The van der Waals surface area contributed by atoms with E-state index in [-0.39, 0.29) is 12.4 Å². The minimum atomic E-state index is -0.0544. The molecular formula is C22H22N2O3. The van der Waals surface area contributed by atoms with Crippen molar-refractivity contribution >= 4 is 22.4 Å². The van der Waals surface area contributed by atoms with Gasteiger partial charge in [0.2, 0.25) is 0 Å². The van der Waals surface area contributed by atoms with Gasteiger partial charge in [0.05, 0.1) is 12.9 Å². The van der Waals surface area contributed by atoms with Crippen LogP contribution < -0.4 is 0 Å². The summed E-state index contributed by atoms with van der Waals surface area (Å²) in [4.78, 5) is 19.4. The topological polar surface area (TPSA) is 79.1 Å². The molecule has 0 saturated carbocycles. The average Bonchev–Trinajstić information content (AvgIpc) is 3.34. The Morgan fingerprint density at radius 1 is 1.44 bits per heavy atom. The van der Waals surface area contributed by atoms with Crippen molar-refractivity contribution in [2.45, 2.75) is 32.3 Å². The number of carbonyl (C=O) groups is 1. The normalized spacial score (nSPS) is 17.1. The van der Waals surface area contributed by atoms with E-state index in [4.69, 9.17) is 4.42 Å². The van der Waals surface area contributed by atoms with E-state index in [9.17, 15) is 9.90 Å². The molecule has 0 fully saturated rings. The van der Waals surface area contributed by atoms with Gasteiger partial charge < -0.3 is 14.5 Å². The molecule has 3 aromatic rings. The Morgan fingerprint density at radius 3 is 3.11 bits per heavy atom. The highest BCUT2D eigenvalue weighted by Crippen LogP contribution is 2.39. The summed E-state index contributed by atoms with van der Waals surface area (Å²) in [6.45, 7) is 3.53. The molecule has 0 bridgehead atoms. The van der Waals surface area contributed by atoms with Gasteiger partial charge in [0.1, 0.15) is 11.4 Å². The number of furan rings is 1. The lowest BCUT2D eigenvalue weighted by Gasteiger charge is -2.22. The summed E-state index contributed by atoms with van der Waals surface area (Å²) in [6.07, 6.45) is 12.3. The van der Waals surface area contributed by atoms with E-state index in [2.05, 4.69) is 22.6 Å². The molecule has 3 aromatic heterocycles. The number of aromatic amines is 1. The van der Waals surface area contributed by atoms with Gasteiger partial charge in [0.25, 0.3) is 0 Å². The molecule has 138 valence electrons. The first kappa shape index (κ1) is 17.5. The quantitative estimate of drug-likeness (QED) is 0.626. The third-order valence-corrected chi connectivity index (χ3v) is 5.21. The summed E-state index contributed by atoms with van der Waals surface area (Å²) in [5.74, 6) is 1.15. The number of ketones is 1. The zero-order valence-corrected chi connectivity index (χ0v) is 15.1. The minimum Gasteiger partial charge on any atom is -0.464 e. The summed E-state index contributed by atoms with van der Waals surface area (Å²) in [5.41, 5.74) is 4.83. The number of aliphatic hydroxyl groups excluding tert-OH is 1. The summed E-state index contributed by atoms with van der Waals surface area (Å²) in [5, 5.41) is 10.3. The average molecular weight is 362 g/mol. The van der Waals surface area contributed by atoms with E-state index in [1.54, 1.807) is 12.5 Å². The number of pyridine rings is 1. The van der Waals surface area contributed by atoms with Gasteiger partial charge in [-0.15, -0.1) is 0 Å². The lowest BCUT2D eigenvalue weighted by Crippen LogP contribution is -2.11. The molecule has 0 aromatic carbocycles. The zero-order chi connectivity index (χ0) is 18.8. The molecular weight excluding hydrogens is 340 g/mol. The van der Waals surface area contributed by atoms with Crippen LogP contribution in [0.15, 0.2) is 53.9 Å². The first-order chi connectivity index (χ1) is 13.2. The number of rotatable bonds is 6. The van der Waals surface area contributed by atoms with Crippen LogP contribution in [0.3, 0.4) is 0 Å². The van der Waals surface area contributed by atoms with E-state index >= 15 is 0 Å². The second-order valence-corrected chi connectivity index (χ2v) is 7.01. The molecule has 0 spiro atoms. The molecule has 1 aliphatic rings. The van der Waals surface area contributed by atoms with E-state index < -0.39 is 0 Å². The van der Waals surface area contributed by atoms with Crippen molar-refractivity contribution < 1.29 is 14.3 Å². The molecule has 0 radical (unpaired) electrons. The zero-order valence-electron chi connectivity index (χ0n) is 15.1. The van der Waals surface area contributed by atoms with Gasteiger partial charge in [-0.1, -0.05) is 12.7 Å². The van der Waals surface area contributed by atoms with Crippen LogP contribution in [0.4, 0.5) is 0 Å². The van der Waals surface area contributed by atoms with Crippen LogP contribution in [0.25, 0.3) is 27.9 Å². The Hall–Kier alpha value is -2.92. The molecule has 3 heterocycles. The fourth-order valence-corrected chi connectivity index (χ4v) is 3.87. The van der Waals surface area contributed by atoms with Crippen molar-refractivity contribution in [1.82, 2.24) is 9.97 Å². The second kappa shape index (κ2) is 7.37. The first-order valence-electron chi connectivity index (χ1n) is 9.19. The van der Waals surface area contributed by atoms with Crippen LogP contribution in [0.2, 0.25) is 0 Å². The van der Waals surface area contributed by atoms with E-state index in [1.807, 2.05) is 18.3 Å². The Balaban J connectivity index is 1.73. The standard InChI is InChI=1S/C22H22N2O3/c1-2-17(26)9-14-4-3-5-16(8-14)18-6-7-23-22-21(18)19(11-24-22)20-10-15(12-25)13-27-20/h2,5-7,10-11,13-14,25H,1,3-4,8-9,12H2,(H,23,24). The van der Waals surface area contributed by atoms with Gasteiger partial charge in [-0.3, -0.25) is 4.79 Å². The van der Waals surface area contributed by atoms with E-state index in [0.717, 1.165) is 47.0 Å². The van der Waals surface area contributed by atoms with Crippen LogP contribution in [0.1, 0.15) is 36.8 Å². The van der Waals surface area contributed by atoms with Gasteiger partial charge in [-0.05, 0) is 54.5 Å². The fourth-order valence-electron chi connectivity index (χ4n) is 3.87. The first-order valence-corrected chi connectivity index (χ1v) is 9.19. The molecule has 27 heavy (non-hydrogen) atoms. The number of carbonyl (C=O) groups excluding carboxylic acids is 1. The van der Waals surface area contributed by atoms with Gasteiger partial charge in [0, 0.05) is 35.3 Å². The van der Waals surface area contributed by atoms with Crippen molar-refractivity contribution in [2.24, 2.45) is 5.92 Å². The highest BCUT2D eigenvalue weighted by molar-refractivity contribution is 6.00. The van der Waals surface area contributed by atoms with Gasteiger partial charge in [0.15, 0.2) is 5.78 Å². The highest BCUT2D eigenvalue weighted by atomic mass is 16.3. The summed E-state index contributed by atoms with van der Waals surface area (Å²) >= 11 is 0. The van der Waals surface area contributed by atoms with Gasteiger partial charge in [-0.25, -0.2) is 4.98 Å². The summed E-state index contributed by atoms with van der Waals surface area (Å²) < 4.78 is 5.66. The maximum absolute atomic E-state index is 11.8. The molecule has 5 nitrogen and oxygen atoms in total. The Labute approximate surface area is 157 Å². The fraction of sp³-hybridized carbons (Fsp3) is 0.273. The number of hydrogen-bond acceptors (Lipinski definition) is 4. The summed E-state index contributed by atoms with van der Waals surface area (Å²) in [6, 6.07) is 3.87. The molecule has 1 unspecified atom stereocenters. The minimum absolute atomic E-state index is 0.0544. The van der Waals surface area contributed by atoms with Crippen LogP contribution in [-0.4, -0.2) is 20.9 Å². The van der Waals surface area contributed by atoms with E-state index in [1.165, 1.54) is 11.6 Å². The predicted octanol–water partition coefficient (Wildman–Crippen LogP) is 4.64. The maximum Gasteiger partial charge on any atom is 0.155 e. The van der Waals surface area contributed by atoms with Crippen LogP contribution >= 0.6 is 0 Å². The van der Waals surface area contributed by atoms with Crippen molar-refractivity contribution in [2.75, 3.05) is 0 Å². The van der Waals surface area contributed by atoms with Crippen molar-refractivity contribution in [3.8, 4) is 11.3 Å². The summed E-state index contributed by atoms with van der Waals surface area (Å²) in [7, 11) is 0. The molecule has 1 atom stereocenters. The molecule has 5 heteroatoms. The lowest BCUT2D eigenvalue weighted by atomic mass is 9.82. The lowest BCUT2D eigenvalue weighted by molar-refractivity contribution is -0.115. The SMILES string of the molecule is C=CC(=O)CC1CCC=C(c2ccnc3[nH]cc(-c4cc(CO)co4)c23)C1. The number of aliphatic hydroxyl groups is 1. The monoisotopic (exact) mass is 362 g/mol. The van der Waals surface area contributed by atoms with Crippen LogP contribution in [-0.2, 0) is 11.4 Å². The van der Waals surface area contributed by atoms with Crippen molar-refractivity contribution in [3.63, 3.8) is 0 Å². The Kier molecular flexibility index (Phi) is 4.77. The second-order valence-electron chi connectivity index (χ2n) is 7.01. The van der Waals surface area contributed by atoms with Gasteiger partial charge in [-0.2, -0.15) is 0 Å². The van der Waals surface area contributed by atoms with Crippen LogP contribution in [0.5, 0.6) is 0 Å². The third-order valence-electron chi connectivity index (χ3n) is 5.21. The maximum atomic E-state index is 11.8. The Morgan fingerprint density at radius 2 is 2.33 bits per heavy atom. The third kappa shape index (κ3) is 3.38. The molecule has 0 saturated heterocycles. The van der Waals surface area contributed by atoms with Gasteiger partial charge >= 0.3 is 0 Å². The number of H-pyrrole nitrogens is 1. The van der Waals surface area contributed by atoms with E-state index in [0.29, 0.717) is 18.1 Å². The molecule has 0 amide bonds. The molecule has 2 N–H and O–H groups in total. The smallest absolute Gasteiger partial charge is 0.155 e. The molecule has 0 aliphatic heterocycles. The molecule has 4 rings (SSSR count). The van der Waals surface area contributed by atoms with Crippen molar-refractivity contribution in [1.29, 1.82) is 0 Å². The van der Waals surface area contributed by atoms with Crippen LogP contribution in [0, 0.1) is 5.92 Å². The number of hydrogen-bond donors (Lipinski definition) is 2. The Bertz CT molecular complexity index is 1030. The molecule has 1 aliphatic carbocycles. The predicted molar refractivity (Wildman–Crippen MR) is 105 cm³/mol. The van der Waals surface area contributed by atoms with Crippen molar-refractivity contribution in [3.05, 3.63) is 60.6 Å². The number of allylic oxidation sites excluding steroid dienone is 3. The number of aromatic nitrogens is 2.